The molecule has 0 spiro atoms. The molecule has 6 heteroatoms. The van der Waals surface area contributed by atoms with Gasteiger partial charge in [0.25, 0.3) is 5.92 Å². The Hall–Kier alpha value is -2.76. The van der Waals surface area contributed by atoms with Crippen LogP contribution in [-0.2, 0) is 0 Å². The number of aromatic nitrogens is 2. The van der Waals surface area contributed by atoms with E-state index in [1.54, 1.807) is 6.20 Å². The lowest BCUT2D eigenvalue weighted by Crippen LogP contribution is -2.09. The van der Waals surface area contributed by atoms with Gasteiger partial charge >= 0.3 is 0 Å². The lowest BCUT2D eigenvalue weighted by atomic mass is 10.0. The van der Waals surface area contributed by atoms with Crippen molar-refractivity contribution in [3.63, 3.8) is 0 Å². The third-order valence-corrected chi connectivity index (χ3v) is 4.65. The van der Waals surface area contributed by atoms with Crippen molar-refractivity contribution in [1.29, 1.82) is 0 Å². The third kappa shape index (κ3) is 2.99. The number of fused-ring (bicyclic) bond motifs is 1. The van der Waals surface area contributed by atoms with E-state index in [1.807, 2.05) is 43.3 Å². The molecule has 3 N–H and O–H groups in total. The number of benzene rings is 1. The molecule has 3 aromatic rings. The first-order chi connectivity index (χ1) is 11.9. The molecule has 0 aliphatic heterocycles. The fraction of sp³-hybridized carbons (Fsp3) is 0.263. The van der Waals surface area contributed by atoms with Crippen LogP contribution in [0.25, 0.3) is 22.0 Å². The Bertz CT molecular complexity index is 955. The Balaban J connectivity index is 1.67. The van der Waals surface area contributed by atoms with Crippen LogP contribution in [0.15, 0.2) is 42.6 Å². The molecule has 2 heterocycles. The van der Waals surface area contributed by atoms with E-state index in [4.69, 9.17) is 5.73 Å². The van der Waals surface area contributed by atoms with E-state index < -0.39 is 11.8 Å². The zero-order valence-electron chi connectivity index (χ0n) is 13.8. The van der Waals surface area contributed by atoms with Crippen LogP contribution in [0.2, 0.25) is 0 Å². The Morgan fingerprint density at radius 3 is 2.76 bits per heavy atom. The van der Waals surface area contributed by atoms with Crippen LogP contribution in [0.5, 0.6) is 0 Å². The van der Waals surface area contributed by atoms with Gasteiger partial charge in [-0.2, -0.15) is 0 Å². The number of anilines is 2. The zero-order valence-corrected chi connectivity index (χ0v) is 13.8. The maximum Gasteiger partial charge on any atom is 0.253 e. The smallest absolute Gasteiger partial charge is 0.253 e. The van der Waals surface area contributed by atoms with Crippen molar-refractivity contribution in [3.8, 4) is 11.3 Å². The highest BCUT2D eigenvalue weighted by Gasteiger charge is 2.56. The number of pyridine rings is 2. The number of aryl methyl sites for hydroxylation is 1. The predicted octanol–water partition coefficient (Wildman–Crippen LogP) is 4.25. The SMILES string of the molecule is Cc1ccccc1-c1cc2cc(NCC3CC3(F)F)ncc2c(N)n1. The van der Waals surface area contributed by atoms with Crippen molar-refractivity contribution in [2.24, 2.45) is 5.92 Å². The molecule has 0 saturated heterocycles. The van der Waals surface area contributed by atoms with Gasteiger partial charge in [0, 0.05) is 36.0 Å². The molecule has 1 atom stereocenters. The number of rotatable bonds is 4. The van der Waals surface area contributed by atoms with Gasteiger partial charge in [-0.25, -0.2) is 18.7 Å². The zero-order chi connectivity index (χ0) is 17.6. The van der Waals surface area contributed by atoms with Gasteiger partial charge in [0.05, 0.1) is 5.69 Å². The van der Waals surface area contributed by atoms with E-state index in [0.717, 1.165) is 27.6 Å². The van der Waals surface area contributed by atoms with Crippen molar-refractivity contribution < 1.29 is 8.78 Å². The van der Waals surface area contributed by atoms with Crippen LogP contribution in [0.4, 0.5) is 20.4 Å². The van der Waals surface area contributed by atoms with Gasteiger partial charge in [-0.15, -0.1) is 0 Å². The summed E-state index contributed by atoms with van der Waals surface area (Å²) in [7, 11) is 0. The molecule has 1 aliphatic carbocycles. The molecule has 1 aliphatic rings. The molecule has 1 fully saturated rings. The van der Waals surface area contributed by atoms with Gasteiger partial charge in [-0.3, -0.25) is 0 Å². The second-order valence-corrected chi connectivity index (χ2v) is 6.54. The topological polar surface area (TPSA) is 63.8 Å². The summed E-state index contributed by atoms with van der Waals surface area (Å²) < 4.78 is 26.0. The lowest BCUT2D eigenvalue weighted by molar-refractivity contribution is 0.101. The summed E-state index contributed by atoms with van der Waals surface area (Å²) >= 11 is 0. The first-order valence-electron chi connectivity index (χ1n) is 8.18. The van der Waals surface area contributed by atoms with E-state index in [0.29, 0.717) is 11.6 Å². The summed E-state index contributed by atoms with van der Waals surface area (Å²) in [4.78, 5) is 8.74. The molecule has 4 nitrogen and oxygen atoms in total. The molecule has 0 radical (unpaired) electrons. The first kappa shape index (κ1) is 15.7. The molecular formula is C19H18F2N4. The second kappa shape index (κ2) is 5.65. The second-order valence-electron chi connectivity index (χ2n) is 6.54. The normalized spacial score (nSPS) is 18.3. The molecule has 2 aromatic heterocycles. The number of hydrogen-bond donors (Lipinski definition) is 2. The van der Waals surface area contributed by atoms with E-state index in [9.17, 15) is 8.78 Å². The van der Waals surface area contributed by atoms with Crippen LogP contribution < -0.4 is 11.1 Å². The highest BCUT2D eigenvalue weighted by molar-refractivity contribution is 5.94. The Morgan fingerprint density at radius 2 is 2.04 bits per heavy atom. The number of nitrogens with one attached hydrogen (secondary N) is 1. The van der Waals surface area contributed by atoms with Gasteiger partial charge in [-0.05, 0) is 30.0 Å². The van der Waals surface area contributed by atoms with E-state index >= 15 is 0 Å². The van der Waals surface area contributed by atoms with Crippen LogP contribution in [0, 0.1) is 12.8 Å². The van der Waals surface area contributed by atoms with Crippen LogP contribution in [0.3, 0.4) is 0 Å². The number of alkyl halides is 2. The summed E-state index contributed by atoms with van der Waals surface area (Å²) in [5.74, 6) is -2.16. The fourth-order valence-electron chi connectivity index (χ4n) is 2.99. The molecule has 1 saturated carbocycles. The number of halogens is 2. The van der Waals surface area contributed by atoms with Crippen LogP contribution in [0.1, 0.15) is 12.0 Å². The molecule has 128 valence electrons. The number of nitrogens with zero attached hydrogens (tertiary/aromatic N) is 2. The summed E-state index contributed by atoms with van der Waals surface area (Å²) in [5.41, 5.74) is 9.00. The number of nitrogen functional groups attached to an aromatic ring is 1. The third-order valence-electron chi connectivity index (χ3n) is 4.65. The van der Waals surface area contributed by atoms with Crippen LogP contribution in [-0.4, -0.2) is 22.4 Å². The molecule has 1 unspecified atom stereocenters. The first-order valence-corrected chi connectivity index (χ1v) is 8.18. The van der Waals surface area contributed by atoms with Crippen molar-refractivity contribution in [1.82, 2.24) is 9.97 Å². The summed E-state index contributed by atoms with van der Waals surface area (Å²) in [6.07, 6.45) is 1.58. The minimum absolute atomic E-state index is 0.0537. The Morgan fingerprint density at radius 1 is 1.28 bits per heavy atom. The Labute approximate surface area is 144 Å². The van der Waals surface area contributed by atoms with Gasteiger partial charge in [0.15, 0.2) is 0 Å². The van der Waals surface area contributed by atoms with Crippen LogP contribution >= 0.6 is 0 Å². The average Bonchev–Trinajstić information content (AvgIpc) is 3.20. The highest BCUT2D eigenvalue weighted by Crippen LogP contribution is 2.48. The molecule has 25 heavy (non-hydrogen) atoms. The van der Waals surface area contributed by atoms with Crippen molar-refractivity contribution in [2.45, 2.75) is 19.3 Å². The molecular weight excluding hydrogens is 322 g/mol. The summed E-state index contributed by atoms with van der Waals surface area (Å²) in [6, 6.07) is 11.7. The average molecular weight is 340 g/mol. The summed E-state index contributed by atoms with van der Waals surface area (Å²) in [5, 5.41) is 4.62. The standard InChI is InChI=1S/C19H18F2N4/c1-11-4-2-3-5-14(11)16-6-12-7-17(23-9-13-8-19(13,20)21)24-10-15(12)18(22)25-16/h2-7,10,13H,8-9H2,1H3,(H2,22,25)(H,23,24). The molecule has 1 aromatic carbocycles. The molecule has 4 rings (SSSR count). The quantitative estimate of drug-likeness (QED) is 0.745. The number of hydrogen-bond acceptors (Lipinski definition) is 4. The lowest BCUT2D eigenvalue weighted by Gasteiger charge is -2.10. The fourth-order valence-corrected chi connectivity index (χ4v) is 2.99. The van der Waals surface area contributed by atoms with Gasteiger partial charge in [-0.1, -0.05) is 24.3 Å². The van der Waals surface area contributed by atoms with Gasteiger partial charge in [0.1, 0.15) is 11.6 Å². The van der Waals surface area contributed by atoms with Gasteiger partial charge in [0.2, 0.25) is 0 Å². The minimum Gasteiger partial charge on any atom is -0.383 e. The van der Waals surface area contributed by atoms with Crippen molar-refractivity contribution in [2.75, 3.05) is 17.6 Å². The maximum absolute atomic E-state index is 13.0. The summed E-state index contributed by atoms with van der Waals surface area (Å²) in [6.45, 7) is 2.24. The van der Waals surface area contributed by atoms with Crippen molar-refractivity contribution >= 4 is 22.4 Å². The maximum atomic E-state index is 13.0. The molecule has 0 amide bonds. The van der Waals surface area contributed by atoms with E-state index in [1.165, 1.54) is 0 Å². The highest BCUT2D eigenvalue weighted by atomic mass is 19.3. The van der Waals surface area contributed by atoms with E-state index in [2.05, 4.69) is 15.3 Å². The largest absolute Gasteiger partial charge is 0.383 e. The van der Waals surface area contributed by atoms with Crippen molar-refractivity contribution in [3.05, 3.63) is 48.2 Å². The van der Waals surface area contributed by atoms with E-state index in [-0.39, 0.29) is 13.0 Å². The number of nitrogens with two attached hydrogens (primary N) is 1. The predicted molar refractivity (Wildman–Crippen MR) is 95.7 cm³/mol. The monoisotopic (exact) mass is 340 g/mol. The van der Waals surface area contributed by atoms with Gasteiger partial charge < -0.3 is 11.1 Å². The molecule has 0 bridgehead atoms. The minimum atomic E-state index is -2.53. The Kier molecular flexibility index (Phi) is 3.56.